The van der Waals surface area contributed by atoms with Gasteiger partial charge in [-0.25, -0.2) is 4.79 Å². The van der Waals surface area contributed by atoms with Gasteiger partial charge in [-0.3, -0.25) is 4.79 Å². The van der Waals surface area contributed by atoms with Gasteiger partial charge in [0.1, 0.15) is 17.6 Å². The number of rotatable bonds is 5. The molecule has 1 saturated heterocycles. The Morgan fingerprint density at radius 1 is 1.24 bits per heavy atom. The van der Waals surface area contributed by atoms with E-state index in [1.165, 1.54) is 14.2 Å². The van der Waals surface area contributed by atoms with E-state index in [1.807, 2.05) is 0 Å². The van der Waals surface area contributed by atoms with Gasteiger partial charge in [0.25, 0.3) is 5.91 Å². The Hall–Kier alpha value is -2.28. The molecule has 1 heterocycles. The molecule has 0 spiro atoms. The van der Waals surface area contributed by atoms with Crippen molar-refractivity contribution in [2.75, 3.05) is 19.5 Å². The van der Waals surface area contributed by atoms with E-state index < -0.39 is 24.1 Å². The highest BCUT2D eigenvalue weighted by molar-refractivity contribution is 5.96. The van der Waals surface area contributed by atoms with E-state index in [0.717, 1.165) is 0 Å². The van der Waals surface area contributed by atoms with Gasteiger partial charge in [-0.2, -0.15) is 0 Å². The Morgan fingerprint density at radius 2 is 1.95 bits per heavy atom. The lowest BCUT2D eigenvalue weighted by atomic mass is 10.2. The SMILES string of the molecule is COc1ccc(OC)c(NC(=O)C2CCC(C(=O)O)O2)c1. The van der Waals surface area contributed by atoms with Crippen molar-refractivity contribution < 1.29 is 28.9 Å². The number of carboxylic acid groups (broad SMARTS) is 1. The molecule has 0 radical (unpaired) electrons. The Kier molecular flexibility index (Phi) is 4.64. The predicted octanol–water partition coefficient (Wildman–Crippen LogP) is 1.27. The Labute approximate surface area is 121 Å². The molecule has 2 atom stereocenters. The topological polar surface area (TPSA) is 94.1 Å². The summed E-state index contributed by atoms with van der Waals surface area (Å²) in [5, 5.41) is 11.5. The molecule has 114 valence electrons. The molecule has 7 nitrogen and oxygen atoms in total. The Morgan fingerprint density at radius 3 is 2.52 bits per heavy atom. The van der Waals surface area contributed by atoms with Crippen LogP contribution in [0.25, 0.3) is 0 Å². The maximum Gasteiger partial charge on any atom is 0.332 e. The molecule has 1 aromatic carbocycles. The van der Waals surface area contributed by atoms with E-state index in [2.05, 4.69) is 5.32 Å². The fraction of sp³-hybridized carbons (Fsp3) is 0.429. The van der Waals surface area contributed by atoms with E-state index in [4.69, 9.17) is 19.3 Å². The molecular weight excluding hydrogens is 278 g/mol. The molecule has 0 bridgehead atoms. The van der Waals surface area contributed by atoms with Crippen LogP contribution in [0.2, 0.25) is 0 Å². The summed E-state index contributed by atoms with van der Waals surface area (Å²) in [5.74, 6) is -0.395. The van der Waals surface area contributed by atoms with Crippen LogP contribution in [0.5, 0.6) is 11.5 Å². The van der Waals surface area contributed by atoms with Crippen LogP contribution < -0.4 is 14.8 Å². The summed E-state index contributed by atoms with van der Waals surface area (Å²) >= 11 is 0. The molecule has 21 heavy (non-hydrogen) atoms. The van der Waals surface area contributed by atoms with Crippen LogP contribution >= 0.6 is 0 Å². The van der Waals surface area contributed by atoms with Gasteiger partial charge in [0.15, 0.2) is 6.10 Å². The molecule has 2 unspecified atom stereocenters. The highest BCUT2D eigenvalue weighted by Crippen LogP contribution is 2.30. The molecule has 1 fully saturated rings. The van der Waals surface area contributed by atoms with Crippen molar-refractivity contribution in [2.45, 2.75) is 25.0 Å². The molecule has 1 aliphatic rings. The van der Waals surface area contributed by atoms with Crippen LogP contribution in [0.3, 0.4) is 0 Å². The van der Waals surface area contributed by atoms with Crippen molar-refractivity contribution in [3.8, 4) is 11.5 Å². The van der Waals surface area contributed by atoms with Crippen molar-refractivity contribution in [2.24, 2.45) is 0 Å². The fourth-order valence-electron chi connectivity index (χ4n) is 2.14. The average molecular weight is 295 g/mol. The summed E-state index contributed by atoms with van der Waals surface area (Å²) in [5.41, 5.74) is 0.448. The van der Waals surface area contributed by atoms with Gasteiger partial charge in [0, 0.05) is 6.07 Å². The van der Waals surface area contributed by atoms with Crippen molar-refractivity contribution in [3.05, 3.63) is 18.2 Å². The first-order chi connectivity index (χ1) is 10.0. The quantitative estimate of drug-likeness (QED) is 0.849. The van der Waals surface area contributed by atoms with Crippen molar-refractivity contribution in [1.29, 1.82) is 0 Å². The van der Waals surface area contributed by atoms with Gasteiger partial charge in [0.05, 0.1) is 19.9 Å². The normalized spacial score (nSPS) is 20.9. The van der Waals surface area contributed by atoms with E-state index in [0.29, 0.717) is 30.0 Å². The lowest BCUT2D eigenvalue weighted by Crippen LogP contribution is -2.30. The molecule has 2 rings (SSSR count). The molecule has 7 heteroatoms. The van der Waals surface area contributed by atoms with Crippen LogP contribution in [0.15, 0.2) is 18.2 Å². The molecule has 1 aliphatic heterocycles. The summed E-state index contributed by atoms with van der Waals surface area (Å²) in [6.07, 6.45) is -1.01. The molecule has 2 N–H and O–H groups in total. The first-order valence-electron chi connectivity index (χ1n) is 6.46. The van der Waals surface area contributed by atoms with E-state index in [-0.39, 0.29) is 0 Å². The minimum atomic E-state index is -1.05. The largest absolute Gasteiger partial charge is 0.497 e. The summed E-state index contributed by atoms with van der Waals surface area (Å²) in [4.78, 5) is 22.9. The third-order valence-corrected chi connectivity index (χ3v) is 3.25. The van der Waals surface area contributed by atoms with Crippen LogP contribution in [0.1, 0.15) is 12.8 Å². The van der Waals surface area contributed by atoms with Gasteiger partial charge in [0.2, 0.25) is 0 Å². The first-order valence-corrected chi connectivity index (χ1v) is 6.46. The van der Waals surface area contributed by atoms with Gasteiger partial charge in [-0.1, -0.05) is 0 Å². The fourth-order valence-corrected chi connectivity index (χ4v) is 2.14. The molecular formula is C14H17NO6. The smallest absolute Gasteiger partial charge is 0.332 e. The molecule has 1 amide bonds. The lowest BCUT2D eigenvalue weighted by Gasteiger charge is -2.15. The van der Waals surface area contributed by atoms with Gasteiger partial charge < -0.3 is 24.6 Å². The summed E-state index contributed by atoms with van der Waals surface area (Å²) < 4.78 is 15.5. The second kappa shape index (κ2) is 6.45. The molecule has 1 aromatic rings. The minimum absolute atomic E-state index is 0.322. The number of benzene rings is 1. The minimum Gasteiger partial charge on any atom is -0.497 e. The van der Waals surface area contributed by atoms with Gasteiger partial charge >= 0.3 is 5.97 Å². The number of carbonyl (C=O) groups excluding carboxylic acids is 1. The third kappa shape index (κ3) is 3.43. The number of aliphatic carboxylic acids is 1. The predicted molar refractivity (Wildman–Crippen MR) is 73.7 cm³/mol. The van der Waals surface area contributed by atoms with E-state index in [1.54, 1.807) is 18.2 Å². The third-order valence-electron chi connectivity index (χ3n) is 3.25. The zero-order valence-electron chi connectivity index (χ0n) is 11.8. The number of nitrogens with one attached hydrogen (secondary N) is 1. The zero-order chi connectivity index (χ0) is 15.4. The van der Waals surface area contributed by atoms with Crippen molar-refractivity contribution in [1.82, 2.24) is 0 Å². The lowest BCUT2D eigenvalue weighted by molar-refractivity contribution is -0.150. The van der Waals surface area contributed by atoms with Crippen molar-refractivity contribution in [3.63, 3.8) is 0 Å². The Bertz CT molecular complexity index is 544. The first kappa shape index (κ1) is 15.1. The highest BCUT2D eigenvalue weighted by Gasteiger charge is 2.34. The van der Waals surface area contributed by atoms with Gasteiger partial charge in [-0.15, -0.1) is 0 Å². The number of carboxylic acids is 1. The summed E-state index contributed by atoms with van der Waals surface area (Å²) in [6.45, 7) is 0. The highest BCUT2D eigenvalue weighted by atomic mass is 16.5. The van der Waals surface area contributed by atoms with Gasteiger partial charge in [-0.05, 0) is 25.0 Å². The standard InChI is InChI=1S/C14H17NO6/c1-19-8-3-4-10(20-2)9(7-8)15-13(16)11-5-6-12(21-11)14(17)18/h3-4,7,11-12H,5-6H2,1-2H3,(H,15,16)(H,17,18). The number of anilines is 1. The van der Waals surface area contributed by atoms with Crippen molar-refractivity contribution >= 4 is 17.6 Å². The number of hydrogen-bond donors (Lipinski definition) is 2. The van der Waals surface area contributed by atoms with Crippen LogP contribution in [-0.2, 0) is 14.3 Å². The van der Waals surface area contributed by atoms with E-state index in [9.17, 15) is 9.59 Å². The second-order valence-electron chi connectivity index (χ2n) is 4.58. The monoisotopic (exact) mass is 295 g/mol. The second-order valence-corrected chi connectivity index (χ2v) is 4.58. The summed E-state index contributed by atoms with van der Waals surface area (Å²) in [7, 11) is 3.01. The Balaban J connectivity index is 2.07. The summed E-state index contributed by atoms with van der Waals surface area (Å²) in [6, 6.07) is 5.01. The molecule has 0 saturated carbocycles. The van der Waals surface area contributed by atoms with Crippen LogP contribution in [-0.4, -0.2) is 43.4 Å². The molecule has 0 aromatic heterocycles. The average Bonchev–Trinajstić information content (AvgIpc) is 2.97. The maximum absolute atomic E-state index is 12.1. The number of ether oxygens (including phenoxy) is 3. The number of hydrogen-bond acceptors (Lipinski definition) is 5. The van der Waals surface area contributed by atoms with E-state index >= 15 is 0 Å². The number of methoxy groups -OCH3 is 2. The number of carbonyl (C=O) groups is 2. The van der Waals surface area contributed by atoms with Crippen LogP contribution in [0, 0.1) is 0 Å². The van der Waals surface area contributed by atoms with Crippen LogP contribution in [0.4, 0.5) is 5.69 Å². The number of amides is 1. The zero-order valence-corrected chi connectivity index (χ0v) is 11.8. The molecule has 0 aliphatic carbocycles. The maximum atomic E-state index is 12.1.